The third-order valence-corrected chi connectivity index (χ3v) is 30.1. The van der Waals surface area contributed by atoms with Gasteiger partial charge >= 0.3 is 72.9 Å². The third kappa shape index (κ3) is 20.6. The number of cyclic esters (lactones) is 4. The summed E-state index contributed by atoms with van der Waals surface area (Å²) in [6, 6.07) is 8.38. The maximum Gasteiger partial charge on any atom is 0.411 e. The van der Waals surface area contributed by atoms with Gasteiger partial charge in [-0.25, -0.2) is 28.8 Å². The highest BCUT2D eigenvalue weighted by Crippen LogP contribution is 2.61. The van der Waals surface area contributed by atoms with Crippen LogP contribution in [0.2, 0.25) is 0 Å². The Morgan fingerprint density at radius 2 is 0.600 bits per heavy atom. The quantitative estimate of drug-likeness (QED) is 0.0201. The number of alkyl halides is 18. The Bertz CT molecular complexity index is 5640. The number of aromatic carboxylic acids is 2. The summed E-state index contributed by atoms with van der Waals surface area (Å²) < 4.78 is 273. The number of hydrogen-bond acceptors (Lipinski definition) is 16. The predicted octanol–water partition coefficient (Wildman–Crippen LogP) is 21.2. The lowest BCUT2D eigenvalue weighted by Gasteiger charge is -2.39. The first-order valence-electron chi connectivity index (χ1n) is 46.5. The second-order valence-electron chi connectivity index (χ2n) is 38.9. The molecule has 40 heteroatoms. The second kappa shape index (κ2) is 40.8. The van der Waals surface area contributed by atoms with E-state index in [1.807, 2.05) is 0 Å². The summed E-state index contributed by atoms with van der Waals surface area (Å²) in [6.45, 7) is 4.50. The van der Waals surface area contributed by atoms with Gasteiger partial charge in [-0.2, -0.15) is 79.0 Å². The van der Waals surface area contributed by atoms with E-state index in [0.29, 0.717) is 139 Å². The monoisotopic (exact) mass is 1990 g/mol. The molecule has 756 valence electrons. The molecule has 0 radical (unpaired) electrons. The van der Waals surface area contributed by atoms with Crippen molar-refractivity contribution in [3.8, 4) is 0 Å². The molecule has 6 saturated carbocycles. The lowest BCUT2D eigenvalue weighted by atomic mass is 9.71. The normalized spacial score (nSPS) is 24.2. The minimum absolute atomic E-state index is 0.116. The van der Waals surface area contributed by atoms with E-state index in [9.17, 15) is 147 Å². The van der Waals surface area contributed by atoms with Crippen molar-refractivity contribution in [1.82, 2.24) is 20.4 Å². The van der Waals surface area contributed by atoms with Crippen molar-refractivity contribution in [3.63, 3.8) is 0 Å². The average molecular weight is 1990 g/mol. The van der Waals surface area contributed by atoms with E-state index in [4.69, 9.17) is 11.5 Å². The molecule has 6 fully saturated rings. The van der Waals surface area contributed by atoms with Crippen molar-refractivity contribution in [1.29, 1.82) is 0 Å². The first-order valence-corrected chi connectivity index (χ1v) is 46.5. The summed E-state index contributed by atoms with van der Waals surface area (Å²) in [5.74, 6) is -9.09. The van der Waals surface area contributed by atoms with Crippen molar-refractivity contribution in [3.05, 3.63) is 209 Å². The predicted molar refractivity (Wildman–Crippen MR) is 466 cm³/mol. The van der Waals surface area contributed by atoms with E-state index in [-0.39, 0.29) is 35.4 Å². The zero-order chi connectivity index (χ0) is 103. The van der Waals surface area contributed by atoms with Gasteiger partial charge in [0.15, 0.2) is 0 Å². The smallest absolute Gasteiger partial charge is 0.411 e. The molecule has 0 spiro atoms. The summed E-state index contributed by atoms with van der Waals surface area (Å²) in [5, 5.41) is 24.0. The molecule has 6 aliphatic carbocycles. The number of imide groups is 2. The molecule has 6 amide bonds. The van der Waals surface area contributed by atoms with Crippen LogP contribution in [0, 0.1) is 47.3 Å². The van der Waals surface area contributed by atoms with Gasteiger partial charge in [-0.3, -0.25) is 38.6 Å². The van der Waals surface area contributed by atoms with Crippen molar-refractivity contribution in [2.45, 2.75) is 265 Å². The van der Waals surface area contributed by atoms with Crippen LogP contribution in [0.4, 0.5) is 79.0 Å². The van der Waals surface area contributed by atoms with Gasteiger partial charge in [-0.1, -0.05) is 102 Å². The summed E-state index contributed by atoms with van der Waals surface area (Å²) in [4.78, 5) is 149. The number of carbonyl (C=O) groups excluding carboxylic acids is 10. The molecule has 0 saturated heterocycles. The van der Waals surface area contributed by atoms with Crippen molar-refractivity contribution >= 4 is 71.3 Å². The maximum atomic E-state index is 14.9. The van der Waals surface area contributed by atoms with Crippen LogP contribution in [0.5, 0.6) is 0 Å². The average Bonchev–Trinajstić information content (AvgIpc) is 1.22. The molecule has 0 aromatic heterocycles. The number of carbonyl (C=O) groups is 12. The fourth-order valence-corrected chi connectivity index (χ4v) is 22.3. The fraction of sp³-hybridized carbons (Fsp3) is 0.520. The number of fused-ring (bicyclic) bond motifs is 4. The number of nitrogens with one attached hydrogen (secondary N) is 2. The number of rotatable bonds is 18. The Morgan fingerprint density at radius 1 is 0.329 bits per heavy atom. The Balaban J connectivity index is 0.000000167. The van der Waals surface area contributed by atoms with E-state index in [0.717, 1.165) is 93.3 Å². The van der Waals surface area contributed by atoms with Gasteiger partial charge < -0.3 is 41.8 Å². The first kappa shape index (κ1) is 106. The van der Waals surface area contributed by atoms with Gasteiger partial charge in [-0.05, 0) is 276 Å². The van der Waals surface area contributed by atoms with Crippen molar-refractivity contribution < 1.29 is 156 Å². The van der Waals surface area contributed by atoms with Crippen LogP contribution in [0.15, 0.2) is 109 Å². The molecule has 10 aliphatic rings. The molecule has 0 atom stereocenters. The largest absolute Gasteiger partial charge is 0.478 e. The Hall–Kier alpha value is -11.6. The van der Waals surface area contributed by atoms with E-state index in [1.54, 1.807) is 0 Å². The number of amides is 6. The lowest BCUT2D eigenvalue weighted by molar-refractivity contribution is -0.290. The molecular weight excluding hydrogens is 1880 g/mol. The van der Waals surface area contributed by atoms with Crippen LogP contribution in [-0.4, -0.2) is 167 Å². The van der Waals surface area contributed by atoms with Crippen LogP contribution in [-0.2, 0) is 25.7 Å². The molecule has 0 unspecified atom stereocenters. The minimum atomic E-state index is -6.18. The molecule has 22 nitrogen and oxygen atoms in total. The number of carboxylic acid groups (broad SMARTS) is 2. The molecular formula is C100H104F18N6O16. The molecule has 4 heterocycles. The standard InChI is InChI=1S/C34H38F6N2O6.C34H34F6N2O4.C19H6F6O6.C13H26N2/c1-18-3-5-19(6-4-18)15-20-7-11-23(12-8-20)42-29(44)26-16-21(10-14-25(26)30(45)46)32(33(35,36)37,34(38,39)40)22-9-13-24(28(43)41-2)27(17-22)31(47)48;1-18-3-5-19(6-4-18)15-20-7-11-23(12-8-20)42-30(45)25-14-10-22(17-27(25)31(42)46)32(33(35,36)37,34(38,39)40)21-9-13-24-26(16-21)29(44)41(2)28(24)43;20-18(21,22)17(19(23,24)25,7-1-3-9-11(5-7)15(28)30-13(9)26)8-2-4-10-12(6-8)16(29)31-14(10)27;14-12-5-1-10(2-6-12)9-11-3-7-13(15)8-4-11/h9-10,13-14,16-20,23H,3-8,11-12,15H2,1-2H3,(H,41,43)(H,42,44)(H,45,46)(H,47,48);9-10,13-14,16-20,23H,3-8,11-12,15H2,1-2H3;1-6H;10-13H,1-9,14-15H2. The number of nitrogens with two attached hydrogens (primary N) is 2. The van der Waals surface area contributed by atoms with E-state index >= 15 is 0 Å². The summed E-state index contributed by atoms with van der Waals surface area (Å²) in [7, 11) is 2.17. The number of esters is 4. The number of nitrogens with zero attached hydrogens (tertiary/aromatic N) is 2. The number of halogens is 18. The summed E-state index contributed by atoms with van der Waals surface area (Å²) >= 11 is 0. The van der Waals surface area contributed by atoms with Crippen LogP contribution < -0.4 is 22.1 Å². The molecule has 16 rings (SSSR count). The highest BCUT2D eigenvalue weighted by molar-refractivity contribution is 6.23. The number of ether oxygens (including phenoxy) is 2. The lowest BCUT2D eigenvalue weighted by Crippen LogP contribution is -2.55. The van der Waals surface area contributed by atoms with E-state index in [1.165, 1.54) is 109 Å². The van der Waals surface area contributed by atoms with Crippen molar-refractivity contribution in [2.75, 3.05) is 14.1 Å². The summed E-state index contributed by atoms with van der Waals surface area (Å²) in [6.07, 6.45) is -7.51. The van der Waals surface area contributed by atoms with Gasteiger partial charge in [0.2, 0.25) is 16.2 Å². The molecule has 0 bridgehead atoms. The topological polar surface area (TPSA) is 346 Å². The molecule has 140 heavy (non-hydrogen) atoms. The summed E-state index contributed by atoms with van der Waals surface area (Å²) in [5.41, 5.74) is -18.8. The number of hydrogen-bond donors (Lipinski definition) is 6. The molecule has 4 aliphatic heterocycles. The van der Waals surface area contributed by atoms with Crippen LogP contribution >= 0.6 is 0 Å². The Morgan fingerprint density at radius 3 is 0.950 bits per heavy atom. The van der Waals surface area contributed by atoms with Gasteiger partial charge in [0.25, 0.3) is 35.4 Å². The SMILES string of the molecule is CC1CCC(CC2CCC(N3C(=O)c4ccc(C(c5ccc6c(c5)C(=O)N(C)C6=O)(C(F)(F)F)C(F)(F)F)cc4C3=O)CC2)CC1.CNC(=O)c1ccc(C(c2ccc(C(=O)O)c(C(=O)NC3CCC(CC4CCC(C)CC4)CC3)c2)(C(F)(F)F)C(F)(F)F)cc1C(=O)O.NC1CCC(CC2CCC(N)CC2)CC1.O=C1OC(=O)c2cc(C(c3ccc4c(c3)C(=O)OC4=O)(C(F)(F)F)C(F)(F)F)ccc21. The van der Waals surface area contributed by atoms with Crippen molar-refractivity contribution in [2.24, 2.45) is 58.8 Å². The molecule has 6 aromatic rings. The van der Waals surface area contributed by atoms with Crippen LogP contribution in [0.25, 0.3) is 0 Å². The fourth-order valence-electron chi connectivity index (χ4n) is 22.3. The minimum Gasteiger partial charge on any atom is -0.478 e. The molecule has 6 aromatic carbocycles. The van der Waals surface area contributed by atoms with Crippen LogP contribution in [0.3, 0.4) is 0 Å². The Kier molecular flexibility index (Phi) is 30.8. The zero-order valence-corrected chi connectivity index (χ0v) is 76.4. The van der Waals surface area contributed by atoms with E-state index < -0.39 is 226 Å². The molecule has 8 N–H and O–H groups in total. The van der Waals surface area contributed by atoms with Gasteiger partial charge in [0.05, 0.1) is 66.8 Å². The van der Waals surface area contributed by atoms with Gasteiger partial charge in [0.1, 0.15) is 0 Å². The third-order valence-electron chi connectivity index (χ3n) is 30.1. The highest BCUT2D eigenvalue weighted by atomic mass is 19.4. The maximum absolute atomic E-state index is 14.9. The number of benzene rings is 6. The zero-order valence-electron chi connectivity index (χ0n) is 76.4. The van der Waals surface area contributed by atoms with Gasteiger partial charge in [-0.15, -0.1) is 0 Å². The van der Waals surface area contributed by atoms with E-state index in [2.05, 4.69) is 34.0 Å². The Labute approximate surface area is 791 Å². The van der Waals surface area contributed by atoms with Crippen LogP contribution in [0.1, 0.15) is 345 Å². The second-order valence-corrected chi connectivity index (χ2v) is 38.9. The van der Waals surface area contributed by atoms with Gasteiger partial charge in [0, 0.05) is 38.3 Å². The first-order chi connectivity index (χ1) is 65.5. The number of carboxylic acids is 2. The highest BCUT2D eigenvalue weighted by Gasteiger charge is 2.76.